The summed E-state index contributed by atoms with van der Waals surface area (Å²) >= 11 is 0.805. The van der Waals surface area contributed by atoms with Gasteiger partial charge in [-0.05, 0) is 19.1 Å². The molecule has 2 unspecified atom stereocenters. The van der Waals surface area contributed by atoms with Crippen LogP contribution in [0.4, 0.5) is 0 Å². The highest BCUT2D eigenvalue weighted by atomic mass is 32.1. The monoisotopic (exact) mass is 302 g/mol. The Morgan fingerprint density at radius 2 is 1.95 bits per heavy atom. The van der Waals surface area contributed by atoms with Gasteiger partial charge >= 0.3 is 11.9 Å². The zero-order chi connectivity index (χ0) is 15.3. The number of aliphatic hydroxyl groups excluding tert-OH is 2. The number of carbonyl (C=O) groups excluding carboxylic acids is 2. The van der Waals surface area contributed by atoms with Gasteiger partial charge in [-0.2, -0.15) is 0 Å². The van der Waals surface area contributed by atoms with E-state index in [1.54, 1.807) is 6.92 Å². The molecule has 0 aromatic carbocycles. The van der Waals surface area contributed by atoms with Gasteiger partial charge in [-0.15, -0.1) is 11.3 Å². The number of aliphatic hydroxyl groups is 2. The number of ether oxygens (including phenoxy) is 1. The second-order valence-electron chi connectivity index (χ2n) is 3.86. The van der Waals surface area contributed by atoms with Crippen molar-refractivity contribution >= 4 is 29.1 Å². The summed E-state index contributed by atoms with van der Waals surface area (Å²) in [4.78, 5) is 33.6. The van der Waals surface area contributed by atoms with E-state index in [1.807, 2.05) is 0 Å². The van der Waals surface area contributed by atoms with Crippen LogP contribution in [0.2, 0.25) is 0 Å². The molecule has 0 saturated heterocycles. The summed E-state index contributed by atoms with van der Waals surface area (Å²) in [6, 6.07) is 2.67. The molecule has 1 aromatic heterocycles. The summed E-state index contributed by atoms with van der Waals surface area (Å²) in [6.45, 7) is 1.64. The Hall–Kier alpha value is -1.77. The molecule has 0 aliphatic carbocycles. The number of carbonyl (C=O) groups is 3. The van der Waals surface area contributed by atoms with Crippen molar-refractivity contribution in [2.45, 2.75) is 25.6 Å². The number of aliphatic carboxylic acids is 1. The van der Waals surface area contributed by atoms with E-state index in [0.717, 1.165) is 11.3 Å². The van der Waals surface area contributed by atoms with Crippen molar-refractivity contribution in [1.82, 2.24) is 0 Å². The van der Waals surface area contributed by atoms with Crippen LogP contribution in [0.1, 0.15) is 34.0 Å². The van der Waals surface area contributed by atoms with Crippen LogP contribution in [0.5, 0.6) is 0 Å². The molecule has 0 saturated carbocycles. The molecule has 2 atom stereocenters. The third-order valence-corrected chi connectivity index (χ3v) is 3.51. The molecular weight excluding hydrogens is 288 g/mol. The number of rotatable bonds is 7. The lowest BCUT2D eigenvalue weighted by atomic mass is 10.1. The fraction of sp³-hybridized carbons (Fsp3) is 0.417. The normalized spacial score (nSPS) is 13.6. The number of ketones is 1. The van der Waals surface area contributed by atoms with Crippen molar-refractivity contribution in [3.05, 3.63) is 21.9 Å². The second-order valence-corrected chi connectivity index (χ2v) is 4.98. The lowest BCUT2D eigenvalue weighted by Crippen LogP contribution is -2.21. The molecule has 1 rings (SSSR count). The molecule has 1 aromatic rings. The van der Waals surface area contributed by atoms with Gasteiger partial charge in [-0.1, -0.05) is 0 Å². The Balaban J connectivity index is 2.78. The second kappa shape index (κ2) is 7.13. The van der Waals surface area contributed by atoms with Crippen molar-refractivity contribution in [2.24, 2.45) is 0 Å². The Morgan fingerprint density at radius 3 is 2.50 bits per heavy atom. The highest BCUT2D eigenvalue weighted by molar-refractivity contribution is 7.14. The van der Waals surface area contributed by atoms with Crippen molar-refractivity contribution in [2.75, 3.05) is 6.61 Å². The fourth-order valence-electron chi connectivity index (χ4n) is 1.41. The maximum Gasteiger partial charge on any atom is 0.380 e. The Morgan fingerprint density at radius 1 is 1.30 bits per heavy atom. The van der Waals surface area contributed by atoms with Gasteiger partial charge in [0.05, 0.1) is 24.0 Å². The minimum atomic E-state index is -1.49. The van der Waals surface area contributed by atoms with E-state index in [0.29, 0.717) is 0 Å². The van der Waals surface area contributed by atoms with Crippen LogP contribution in [-0.4, -0.2) is 45.8 Å². The van der Waals surface area contributed by atoms with Gasteiger partial charge in [0.1, 0.15) is 6.10 Å². The number of esters is 1. The van der Waals surface area contributed by atoms with Crippen LogP contribution in [0.15, 0.2) is 12.1 Å². The van der Waals surface area contributed by atoms with E-state index in [2.05, 4.69) is 4.74 Å². The van der Waals surface area contributed by atoms with Crippen molar-refractivity contribution in [3.8, 4) is 0 Å². The molecular formula is C12H14O7S. The highest BCUT2D eigenvalue weighted by Gasteiger charge is 2.25. The summed E-state index contributed by atoms with van der Waals surface area (Å²) in [7, 11) is 0. The summed E-state index contributed by atoms with van der Waals surface area (Å²) < 4.78 is 4.56. The summed E-state index contributed by atoms with van der Waals surface area (Å²) in [6.07, 6.45) is -3.54. The first kappa shape index (κ1) is 16.3. The number of Topliss-reactive ketones (excluding diaryl/α,β-unsaturated/α-hetero) is 1. The predicted molar refractivity (Wildman–Crippen MR) is 68.5 cm³/mol. The van der Waals surface area contributed by atoms with E-state index in [9.17, 15) is 24.6 Å². The van der Waals surface area contributed by atoms with Crippen molar-refractivity contribution in [3.63, 3.8) is 0 Å². The number of hydrogen-bond acceptors (Lipinski definition) is 7. The minimum absolute atomic E-state index is 0.0556. The molecule has 0 radical (unpaired) electrons. The molecule has 110 valence electrons. The quantitative estimate of drug-likeness (QED) is 0.378. The Bertz CT molecular complexity index is 508. The van der Waals surface area contributed by atoms with Crippen LogP contribution in [-0.2, 0) is 14.3 Å². The fourth-order valence-corrected chi connectivity index (χ4v) is 2.39. The largest absolute Gasteiger partial charge is 0.481 e. The maximum absolute atomic E-state index is 11.6. The molecule has 0 aliphatic rings. The zero-order valence-electron chi connectivity index (χ0n) is 10.6. The lowest BCUT2D eigenvalue weighted by molar-refractivity contribution is -0.141. The number of carboxylic acid groups (broad SMARTS) is 1. The SMILES string of the molecule is CCOC(=O)C(=O)c1ccc(C(O)C(O)CC(=O)O)s1. The van der Waals surface area contributed by atoms with Crippen LogP contribution < -0.4 is 0 Å². The van der Waals surface area contributed by atoms with E-state index >= 15 is 0 Å². The van der Waals surface area contributed by atoms with Gasteiger partial charge in [0, 0.05) is 4.88 Å². The summed E-state index contributed by atoms with van der Waals surface area (Å²) in [5.41, 5.74) is 0. The van der Waals surface area contributed by atoms with Gasteiger partial charge in [-0.3, -0.25) is 9.59 Å². The molecule has 8 heteroatoms. The van der Waals surface area contributed by atoms with Gasteiger partial charge < -0.3 is 20.1 Å². The summed E-state index contributed by atoms with van der Waals surface area (Å²) in [5, 5.41) is 27.7. The third kappa shape index (κ3) is 4.12. The van der Waals surface area contributed by atoms with Gasteiger partial charge in [0.2, 0.25) is 0 Å². The first-order valence-electron chi connectivity index (χ1n) is 5.76. The first-order chi connectivity index (χ1) is 9.36. The van der Waals surface area contributed by atoms with Gasteiger partial charge in [0.25, 0.3) is 5.78 Å². The van der Waals surface area contributed by atoms with Gasteiger partial charge in [-0.25, -0.2) is 4.79 Å². The molecule has 0 amide bonds. The smallest absolute Gasteiger partial charge is 0.380 e. The minimum Gasteiger partial charge on any atom is -0.481 e. The average molecular weight is 302 g/mol. The topological polar surface area (TPSA) is 121 Å². The number of thiophene rings is 1. The summed E-state index contributed by atoms with van der Waals surface area (Å²) in [5.74, 6) is -3.10. The van der Waals surface area contributed by atoms with Crippen LogP contribution in [0, 0.1) is 0 Å². The Labute approximate surface area is 118 Å². The van der Waals surface area contributed by atoms with Crippen LogP contribution in [0.25, 0.3) is 0 Å². The van der Waals surface area contributed by atoms with Gasteiger partial charge in [0.15, 0.2) is 0 Å². The molecule has 0 bridgehead atoms. The van der Waals surface area contributed by atoms with Crippen LogP contribution in [0.3, 0.4) is 0 Å². The van der Waals surface area contributed by atoms with Crippen LogP contribution >= 0.6 is 11.3 Å². The molecule has 0 aliphatic heterocycles. The Kier molecular flexibility index (Phi) is 5.81. The van der Waals surface area contributed by atoms with E-state index < -0.39 is 36.4 Å². The molecule has 1 heterocycles. The van der Waals surface area contributed by atoms with E-state index in [1.165, 1.54) is 12.1 Å². The van der Waals surface area contributed by atoms with E-state index in [-0.39, 0.29) is 16.4 Å². The number of hydrogen-bond donors (Lipinski definition) is 3. The predicted octanol–water partition coefficient (Wildman–Crippen LogP) is 0.363. The maximum atomic E-state index is 11.6. The van der Waals surface area contributed by atoms with E-state index in [4.69, 9.17) is 5.11 Å². The molecule has 7 nitrogen and oxygen atoms in total. The average Bonchev–Trinajstić information content (AvgIpc) is 2.85. The van der Waals surface area contributed by atoms with Crippen molar-refractivity contribution in [1.29, 1.82) is 0 Å². The zero-order valence-corrected chi connectivity index (χ0v) is 11.4. The molecule has 20 heavy (non-hydrogen) atoms. The molecule has 0 spiro atoms. The third-order valence-electron chi connectivity index (χ3n) is 2.35. The van der Waals surface area contributed by atoms with Crippen molar-refractivity contribution < 1.29 is 34.4 Å². The molecule has 0 fully saturated rings. The molecule has 3 N–H and O–H groups in total. The standard InChI is InChI=1S/C12H14O7S/c1-2-19-12(18)11(17)8-4-3-7(20-8)10(16)6(13)5-9(14)15/h3-4,6,10,13,16H,2,5H2,1H3,(H,14,15). The lowest BCUT2D eigenvalue weighted by Gasteiger charge is -2.14. The highest BCUT2D eigenvalue weighted by Crippen LogP contribution is 2.27. The number of carboxylic acids is 1. The first-order valence-corrected chi connectivity index (χ1v) is 6.57.